The monoisotopic (exact) mass is 416 g/mol. The van der Waals surface area contributed by atoms with E-state index in [4.69, 9.17) is 9.97 Å². The largest absolute Gasteiger partial charge is 0.346 e. The molecule has 0 aliphatic heterocycles. The molecule has 32 heavy (non-hydrogen) atoms. The van der Waals surface area contributed by atoms with E-state index in [-0.39, 0.29) is 5.91 Å². The molecule has 0 radical (unpaired) electrons. The first-order valence-electron chi connectivity index (χ1n) is 10.4. The van der Waals surface area contributed by atoms with Crippen molar-refractivity contribution in [3.63, 3.8) is 0 Å². The Kier molecular flexibility index (Phi) is 5.37. The van der Waals surface area contributed by atoms with Crippen LogP contribution in [-0.4, -0.2) is 20.9 Å². The van der Waals surface area contributed by atoms with Crippen LogP contribution in [0.3, 0.4) is 0 Å². The molecule has 154 valence electrons. The topological polar surface area (TPSA) is 67.8 Å². The number of hydrogen-bond acceptors (Lipinski definition) is 4. The second-order valence-electron chi connectivity index (χ2n) is 7.36. The number of hydrogen-bond donors (Lipinski definition) is 1. The molecule has 2 heterocycles. The van der Waals surface area contributed by atoms with Gasteiger partial charge in [0.2, 0.25) is 0 Å². The molecule has 0 unspecified atom stereocenters. The van der Waals surface area contributed by atoms with Gasteiger partial charge in [-0.15, -0.1) is 0 Å². The van der Waals surface area contributed by atoms with Crippen molar-refractivity contribution in [1.82, 2.24) is 20.3 Å². The zero-order valence-corrected chi connectivity index (χ0v) is 17.3. The lowest BCUT2D eigenvalue weighted by atomic mass is 10.0. The molecule has 0 saturated heterocycles. The summed E-state index contributed by atoms with van der Waals surface area (Å²) < 4.78 is 0. The van der Waals surface area contributed by atoms with Gasteiger partial charge in [0.05, 0.1) is 34.7 Å². The molecule has 0 spiro atoms. The van der Waals surface area contributed by atoms with Crippen LogP contribution in [0.1, 0.15) is 16.1 Å². The SMILES string of the molecule is O=C(NCc1ccccn1)c1ccc2nc(-c3ccccc3)c(-c3ccccc3)nc2c1. The first kappa shape index (κ1) is 19.6. The van der Waals surface area contributed by atoms with Gasteiger partial charge in [-0.2, -0.15) is 0 Å². The summed E-state index contributed by atoms with van der Waals surface area (Å²) in [4.78, 5) is 26.8. The summed E-state index contributed by atoms with van der Waals surface area (Å²) >= 11 is 0. The fourth-order valence-electron chi connectivity index (χ4n) is 3.57. The van der Waals surface area contributed by atoms with Crippen molar-refractivity contribution in [3.05, 3.63) is 115 Å². The number of amides is 1. The molecule has 1 N–H and O–H groups in total. The number of aromatic nitrogens is 3. The zero-order chi connectivity index (χ0) is 21.8. The van der Waals surface area contributed by atoms with Crippen LogP contribution >= 0.6 is 0 Å². The average Bonchev–Trinajstić information content (AvgIpc) is 2.88. The summed E-state index contributed by atoms with van der Waals surface area (Å²) in [6, 6.07) is 31.0. The highest BCUT2D eigenvalue weighted by molar-refractivity contribution is 5.98. The summed E-state index contributed by atoms with van der Waals surface area (Å²) in [6.45, 7) is 0.367. The number of pyridine rings is 1. The highest BCUT2D eigenvalue weighted by Crippen LogP contribution is 2.31. The van der Waals surface area contributed by atoms with Crippen molar-refractivity contribution in [3.8, 4) is 22.5 Å². The Morgan fingerprint density at radius 3 is 1.94 bits per heavy atom. The molecule has 3 aromatic carbocycles. The molecular weight excluding hydrogens is 396 g/mol. The lowest BCUT2D eigenvalue weighted by molar-refractivity contribution is 0.0950. The van der Waals surface area contributed by atoms with E-state index in [1.165, 1.54) is 0 Å². The lowest BCUT2D eigenvalue weighted by Gasteiger charge is -2.11. The number of nitrogens with one attached hydrogen (secondary N) is 1. The normalized spacial score (nSPS) is 10.8. The molecule has 0 aliphatic carbocycles. The maximum atomic E-state index is 12.7. The maximum absolute atomic E-state index is 12.7. The van der Waals surface area contributed by atoms with Crippen molar-refractivity contribution in [1.29, 1.82) is 0 Å². The standard InChI is InChI=1S/C27H20N4O/c32-27(29-18-22-13-7-8-16-28-22)21-14-15-23-24(17-21)31-26(20-11-5-2-6-12-20)25(30-23)19-9-3-1-4-10-19/h1-17H,18H2,(H,29,32). The van der Waals surface area contributed by atoms with Crippen molar-refractivity contribution >= 4 is 16.9 Å². The second-order valence-corrected chi connectivity index (χ2v) is 7.36. The van der Waals surface area contributed by atoms with Crippen LogP contribution in [0.4, 0.5) is 0 Å². The van der Waals surface area contributed by atoms with Crippen molar-refractivity contribution in [2.45, 2.75) is 6.54 Å². The molecular formula is C27H20N4O. The van der Waals surface area contributed by atoms with Gasteiger partial charge in [0.1, 0.15) is 0 Å². The number of carbonyl (C=O) groups is 1. The van der Waals surface area contributed by atoms with Gasteiger partial charge in [-0.25, -0.2) is 9.97 Å². The summed E-state index contributed by atoms with van der Waals surface area (Å²) in [5.74, 6) is -0.173. The number of nitrogens with zero attached hydrogens (tertiary/aromatic N) is 3. The third-order valence-electron chi connectivity index (χ3n) is 5.18. The van der Waals surface area contributed by atoms with Gasteiger partial charge >= 0.3 is 0 Å². The van der Waals surface area contributed by atoms with Crippen LogP contribution in [0.15, 0.2) is 103 Å². The summed E-state index contributed by atoms with van der Waals surface area (Å²) in [5, 5.41) is 2.91. The van der Waals surface area contributed by atoms with E-state index >= 15 is 0 Å². The third-order valence-corrected chi connectivity index (χ3v) is 5.18. The van der Waals surface area contributed by atoms with E-state index in [9.17, 15) is 4.79 Å². The average molecular weight is 416 g/mol. The van der Waals surface area contributed by atoms with Gasteiger partial charge in [0.25, 0.3) is 5.91 Å². The molecule has 0 saturated carbocycles. The van der Waals surface area contributed by atoms with Gasteiger partial charge in [0, 0.05) is 22.9 Å². The van der Waals surface area contributed by atoms with E-state index in [0.29, 0.717) is 17.6 Å². The van der Waals surface area contributed by atoms with Gasteiger partial charge in [-0.3, -0.25) is 9.78 Å². The molecule has 0 atom stereocenters. The van der Waals surface area contributed by atoms with Crippen LogP contribution in [0.5, 0.6) is 0 Å². The maximum Gasteiger partial charge on any atom is 0.251 e. The van der Waals surface area contributed by atoms with Crippen LogP contribution in [-0.2, 0) is 6.54 Å². The van der Waals surface area contributed by atoms with Gasteiger partial charge in [0.15, 0.2) is 0 Å². The minimum absolute atomic E-state index is 0.173. The fourth-order valence-corrected chi connectivity index (χ4v) is 3.57. The Morgan fingerprint density at radius 2 is 1.31 bits per heavy atom. The third kappa shape index (κ3) is 4.09. The molecule has 5 heteroatoms. The first-order chi connectivity index (χ1) is 15.8. The highest BCUT2D eigenvalue weighted by Gasteiger charge is 2.14. The quantitative estimate of drug-likeness (QED) is 0.423. The summed E-state index contributed by atoms with van der Waals surface area (Å²) in [5.41, 5.74) is 6.34. The highest BCUT2D eigenvalue weighted by atomic mass is 16.1. The van der Waals surface area contributed by atoms with E-state index in [1.54, 1.807) is 18.3 Å². The van der Waals surface area contributed by atoms with Crippen LogP contribution in [0.25, 0.3) is 33.5 Å². The molecule has 0 aliphatic rings. The Balaban J connectivity index is 1.54. The number of fused-ring (bicyclic) bond motifs is 1. The predicted octanol–water partition coefficient (Wildman–Crippen LogP) is 5.29. The zero-order valence-electron chi connectivity index (χ0n) is 17.3. The fraction of sp³-hybridized carbons (Fsp3) is 0.0370. The molecule has 0 fully saturated rings. The van der Waals surface area contributed by atoms with Gasteiger partial charge in [-0.1, -0.05) is 66.7 Å². The molecule has 5 rings (SSSR count). The number of rotatable bonds is 5. The second kappa shape index (κ2) is 8.78. The summed E-state index contributed by atoms with van der Waals surface area (Å²) in [7, 11) is 0. The van der Waals surface area contributed by atoms with Gasteiger partial charge < -0.3 is 5.32 Å². The minimum Gasteiger partial charge on any atom is -0.346 e. The van der Waals surface area contributed by atoms with E-state index in [0.717, 1.165) is 33.7 Å². The number of carbonyl (C=O) groups excluding carboxylic acids is 1. The molecule has 0 bridgehead atoms. The summed E-state index contributed by atoms with van der Waals surface area (Å²) in [6.07, 6.45) is 1.71. The predicted molar refractivity (Wildman–Crippen MR) is 126 cm³/mol. The first-order valence-corrected chi connectivity index (χ1v) is 10.4. The molecule has 1 amide bonds. The smallest absolute Gasteiger partial charge is 0.251 e. The molecule has 5 aromatic rings. The van der Waals surface area contributed by atoms with Crippen LogP contribution < -0.4 is 5.32 Å². The van der Waals surface area contributed by atoms with Crippen molar-refractivity contribution < 1.29 is 4.79 Å². The van der Waals surface area contributed by atoms with E-state index in [1.807, 2.05) is 84.9 Å². The van der Waals surface area contributed by atoms with Crippen LogP contribution in [0, 0.1) is 0 Å². The van der Waals surface area contributed by atoms with Crippen molar-refractivity contribution in [2.24, 2.45) is 0 Å². The van der Waals surface area contributed by atoms with Crippen LogP contribution in [0.2, 0.25) is 0 Å². The Hall–Kier alpha value is -4.38. The molecule has 2 aromatic heterocycles. The Morgan fingerprint density at radius 1 is 0.688 bits per heavy atom. The van der Waals surface area contributed by atoms with Gasteiger partial charge in [-0.05, 0) is 30.3 Å². The minimum atomic E-state index is -0.173. The van der Waals surface area contributed by atoms with Crippen molar-refractivity contribution in [2.75, 3.05) is 0 Å². The van der Waals surface area contributed by atoms with E-state index < -0.39 is 0 Å². The lowest BCUT2D eigenvalue weighted by Crippen LogP contribution is -2.23. The Bertz CT molecular complexity index is 1370. The Labute approximate surface area is 185 Å². The number of benzene rings is 3. The van der Waals surface area contributed by atoms with E-state index in [2.05, 4.69) is 10.3 Å². The molecule has 5 nitrogen and oxygen atoms in total.